The number of hydrogen-bond acceptors (Lipinski definition) is 4. The van der Waals surface area contributed by atoms with Crippen LogP contribution in [0.3, 0.4) is 0 Å². The Hall–Kier alpha value is -2.73. The summed E-state index contributed by atoms with van der Waals surface area (Å²) in [5.74, 6) is 0.0462. The van der Waals surface area contributed by atoms with Gasteiger partial charge in [0.05, 0.1) is 21.7 Å². The Kier molecular flexibility index (Phi) is 3.35. The normalized spacial score (nSPS) is 11.3. The summed E-state index contributed by atoms with van der Waals surface area (Å²) in [5, 5.41) is 3.27. The Labute approximate surface area is 142 Å². The lowest BCUT2D eigenvalue weighted by Crippen LogP contribution is -2.01. The van der Waals surface area contributed by atoms with Gasteiger partial charge in [-0.25, -0.2) is 9.37 Å². The maximum absolute atomic E-state index is 14.0. The minimum Gasteiger partial charge on any atom is -0.322 e. The van der Waals surface area contributed by atoms with Gasteiger partial charge in [0, 0.05) is 19.4 Å². The molecular weight excluding hydrogens is 329 g/mol. The fourth-order valence-corrected chi connectivity index (χ4v) is 2.97. The first-order valence-corrected chi connectivity index (χ1v) is 7.72. The van der Waals surface area contributed by atoms with Crippen LogP contribution in [0.5, 0.6) is 0 Å². The van der Waals surface area contributed by atoms with Gasteiger partial charge >= 0.3 is 0 Å². The van der Waals surface area contributed by atoms with Gasteiger partial charge in [-0.05, 0) is 30.7 Å². The number of imidazole rings is 1. The van der Waals surface area contributed by atoms with E-state index in [0.717, 1.165) is 22.1 Å². The topological polar surface area (TPSA) is 55.6 Å². The van der Waals surface area contributed by atoms with Crippen molar-refractivity contribution < 1.29 is 4.39 Å². The second kappa shape index (κ2) is 5.42. The van der Waals surface area contributed by atoms with Crippen LogP contribution in [-0.4, -0.2) is 19.5 Å². The largest absolute Gasteiger partial charge is 0.322 e. The highest BCUT2D eigenvalue weighted by Gasteiger charge is 2.16. The number of rotatable bonds is 2. The summed E-state index contributed by atoms with van der Waals surface area (Å²) in [6.07, 6.45) is 3.29. The lowest BCUT2D eigenvalue weighted by atomic mass is 10.1. The van der Waals surface area contributed by atoms with E-state index in [1.807, 2.05) is 24.6 Å². The monoisotopic (exact) mass is 341 g/mol. The van der Waals surface area contributed by atoms with Gasteiger partial charge < -0.3 is 9.88 Å². The van der Waals surface area contributed by atoms with Gasteiger partial charge in [-0.3, -0.25) is 9.97 Å². The Morgan fingerprint density at radius 2 is 1.88 bits per heavy atom. The molecule has 2 heterocycles. The zero-order chi connectivity index (χ0) is 16.8. The van der Waals surface area contributed by atoms with E-state index in [1.165, 1.54) is 6.07 Å². The van der Waals surface area contributed by atoms with Crippen LogP contribution < -0.4 is 5.32 Å². The number of nitrogens with zero attached hydrogens (tertiary/aromatic N) is 4. The molecule has 0 aliphatic carbocycles. The number of aromatic nitrogens is 4. The molecule has 120 valence electrons. The van der Waals surface area contributed by atoms with E-state index in [1.54, 1.807) is 24.5 Å². The average molecular weight is 342 g/mol. The lowest BCUT2D eigenvalue weighted by Gasteiger charge is -2.09. The number of anilines is 2. The maximum atomic E-state index is 14.0. The number of benzene rings is 2. The molecule has 0 saturated heterocycles. The smallest absolute Gasteiger partial charge is 0.208 e. The van der Waals surface area contributed by atoms with Crippen LogP contribution >= 0.6 is 11.6 Å². The standard InChI is InChI=1S/C17H13ClFN5/c1-9-8-12-15(16-13(9)20-6-7-21-16)23-17(24(12)2)22-14-10(18)4-3-5-11(14)19/h3-8H,1-2H3,(H,22,23). The molecule has 0 aliphatic heterocycles. The lowest BCUT2D eigenvalue weighted by molar-refractivity contribution is 0.631. The van der Waals surface area contributed by atoms with Crippen LogP contribution in [0.15, 0.2) is 36.7 Å². The molecule has 2 aromatic carbocycles. The van der Waals surface area contributed by atoms with Gasteiger partial charge in [0.25, 0.3) is 0 Å². The summed E-state index contributed by atoms with van der Waals surface area (Å²) in [6, 6.07) is 6.53. The van der Waals surface area contributed by atoms with Crippen LogP contribution in [0.25, 0.3) is 22.1 Å². The molecule has 0 fully saturated rings. The molecule has 2 aromatic heterocycles. The Bertz CT molecular complexity index is 1070. The van der Waals surface area contributed by atoms with Crippen molar-refractivity contribution in [2.45, 2.75) is 6.92 Å². The Morgan fingerprint density at radius 3 is 2.62 bits per heavy atom. The average Bonchev–Trinajstić information content (AvgIpc) is 2.88. The van der Waals surface area contributed by atoms with E-state index in [2.05, 4.69) is 20.3 Å². The number of halogens is 2. The van der Waals surface area contributed by atoms with Crippen molar-refractivity contribution in [3.05, 3.63) is 53.1 Å². The summed E-state index contributed by atoms with van der Waals surface area (Å²) in [6.45, 7) is 1.98. The molecule has 4 rings (SSSR count). The minimum absolute atomic E-state index is 0.199. The number of nitrogens with one attached hydrogen (secondary N) is 1. The zero-order valence-corrected chi connectivity index (χ0v) is 13.8. The van der Waals surface area contributed by atoms with Crippen molar-refractivity contribution in [2.24, 2.45) is 7.05 Å². The van der Waals surface area contributed by atoms with E-state index >= 15 is 0 Å². The second-order valence-electron chi connectivity index (χ2n) is 5.53. The minimum atomic E-state index is -0.435. The van der Waals surface area contributed by atoms with Crippen molar-refractivity contribution in [3.8, 4) is 0 Å². The van der Waals surface area contributed by atoms with E-state index in [9.17, 15) is 4.39 Å². The highest BCUT2D eigenvalue weighted by Crippen LogP contribution is 2.31. The molecule has 4 aromatic rings. The van der Waals surface area contributed by atoms with Crippen LogP contribution in [-0.2, 0) is 7.05 Å². The van der Waals surface area contributed by atoms with Crippen LogP contribution in [0.2, 0.25) is 5.02 Å². The van der Waals surface area contributed by atoms with Gasteiger partial charge in [-0.1, -0.05) is 17.7 Å². The Balaban J connectivity index is 1.95. The molecule has 0 bridgehead atoms. The molecular formula is C17H13ClFN5. The fourth-order valence-electron chi connectivity index (χ4n) is 2.76. The SMILES string of the molecule is Cc1cc2c(nc(Nc3c(F)cccc3Cl)n2C)c2nccnc12. The number of aryl methyl sites for hydroxylation is 2. The molecule has 0 unspecified atom stereocenters. The van der Waals surface area contributed by atoms with E-state index in [-0.39, 0.29) is 5.69 Å². The molecule has 0 aliphatic rings. The van der Waals surface area contributed by atoms with Gasteiger partial charge in [0.2, 0.25) is 5.95 Å². The highest BCUT2D eigenvalue weighted by molar-refractivity contribution is 6.33. The summed E-state index contributed by atoms with van der Waals surface area (Å²) >= 11 is 6.09. The van der Waals surface area contributed by atoms with Crippen LogP contribution in [0.1, 0.15) is 5.56 Å². The maximum Gasteiger partial charge on any atom is 0.208 e. The molecule has 0 atom stereocenters. The van der Waals surface area contributed by atoms with E-state index in [4.69, 9.17) is 11.6 Å². The van der Waals surface area contributed by atoms with E-state index < -0.39 is 5.82 Å². The first kappa shape index (κ1) is 14.8. The summed E-state index contributed by atoms with van der Waals surface area (Å²) in [4.78, 5) is 13.4. The van der Waals surface area contributed by atoms with Gasteiger partial charge in [-0.2, -0.15) is 0 Å². The number of fused-ring (bicyclic) bond motifs is 3. The molecule has 0 radical (unpaired) electrons. The van der Waals surface area contributed by atoms with Crippen molar-refractivity contribution in [3.63, 3.8) is 0 Å². The number of hydrogen-bond donors (Lipinski definition) is 1. The van der Waals surface area contributed by atoms with Crippen molar-refractivity contribution in [2.75, 3.05) is 5.32 Å². The molecule has 0 amide bonds. The summed E-state index contributed by atoms with van der Waals surface area (Å²) < 4.78 is 15.9. The van der Waals surface area contributed by atoms with Gasteiger partial charge in [0.15, 0.2) is 0 Å². The van der Waals surface area contributed by atoms with Gasteiger partial charge in [0.1, 0.15) is 16.9 Å². The van der Waals surface area contributed by atoms with Crippen molar-refractivity contribution in [1.29, 1.82) is 0 Å². The molecule has 0 saturated carbocycles. The fraction of sp³-hybridized carbons (Fsp3) is 0.118. The molecule has 7 heteroatoms. The van der Waals surface area contributed by atoms with Crippen molar-refractivity contribution in [1.82, 2.24) is 19.5 Å². The van der Waals surface area contributed by atoms with Crippen molar-refractivity contribution >= 4 is 45.3 Å². The molecule has 0 spiro atoms. The first-order chi connectivity index (χ1) is 11.6. The zero-order valence-electron chi connectivity index (χ0n) is 13.0. The first-order valence-electron chi connectivity index (χ1n) is 7.34. The third-order valence-electron chi connectivity index (χ3n) is 3.99. The number of para-hydroxylation sites is 1. The predicted octanol–water partition coefficient (Wildman–Crippen LogP) is 4.36. The predicted molar refractivity (Wildman–Crippen MR) is 93.2 cm³/mol. The molecule has 24 heavy (non-hydrogen) atoms. The van der Waals surface area contributed by atoms with Crippen LogP contribution in [0.4, 0.5) is 16.0 Å². The quantitative estimate of drug-likeness (QED) is 0.588. The third kappa shape index (κ3) is 2.18. The molecule has 1 N–H and O–H groups in total. The highest BCUT2D eigenvalue weighted by atomic mass is 35.5. The summed E-state index contributed by atoms with van der Waals surface area (Å²) in [5.41, 5.74) is 4.32. The van der Waals surface area contributed by atoms with E-state index in [0.29, 0.717) is 16.5 Å². The van der Waals surface area contributed by atoms with Gasteiger partial charge in [-0.15, -0.1) is 0 Å². The second-order valence-corrected chi connectivity index (χ2v) is 5.94. The summed E-state index contributed by atoms with van der Waals surface area (Å²) in [7, 11) is 1.86. The Morgan fingerprint density at radius 1 is 1.12 bits per heavy atom. The van der Waals surface area contributed by atoms with Crippen LogP contribution in [0, 0.1) is 12.7 Å². The molecule has 5 nitrogen and oxygen atoms in total. The third-order valence-corrected chi connectivity index (χ3v) is 4.30.